The fraction of sp³-hybridized carbons (Fsp3) is 0.222. The molecule has 2 aromatic carbocycles. The maximum absolute atomic E-state index is 12.8. The van der Waals surface area contributed by atoms with Gasteiger partial charge in [-0.25, -0.2) is 8.42 Å². The van der Waals surface area contributed by atoms with Crippen molar-refractivity contribution in [1.29, 1.82) is 0 Å². The summed E-state index contributed by atoms with van der Waals surface area (Å²) in [5, 5.41) is 11.1. The lowest BCUT2D eigenvalue weighted by Crippen LogP contribution is -2.19. The quantitative estimate of drug-likeness (QED) is 0.420. The second kappa shape index (κ2) is 8.47. The lowest BCUT2D eigenvalue weighted by atomic mass is 10.2. The molecular weight excluding hydrogens is 434 g/mol. The van der Waals surface area contributed by atoms with Gasteiger partial charge >= 0.3 is 0 Å². The van der Waals surface area contributed by atoms with Gasteiger partial charge < -0.3 is 4.57 Å². The Morgan fingerprint density at radius 2 is 2.00 bits per heavy atom. The summed E-state index contributed by atoms with van der Waals surface area (Å²) in [4.78, 5) is 27.8. The molecule has 0 fully saturated rings. The van der Waals surface area contributed by atoms with Crippen molar-refractivity contribution in [3.63, 3.8) is 0 Å². The largest absolute Gasteiger partial charge is 0.315 e. The summed E-state index contributed by atoms with van der Waals surface area (Å²) in [5.74, 6) is 0.0781. The minimum Gasteiger partial charge on any atom is -0.315 e. The number of thiazole rings is 1. The number of nitro benzene ring substituents is 1. The molecule has 152 valence electrons. The van der Waals surface area contributed by atoms with Gasteiger partial charge in [-0.1, -0.05) is 23.5 Å². The van der Waals surface area contributed by atoms with Gasteiger partial charge in [0.2, 0.25) is 0 Å². The van der Waals surface area contributed by atoms with Crippen molar-refractivity contribution in [2.45, 2.75) is 11.4 Å². The number of nitrogens with zero attached hydrogens (tertiary/aromatic N) is 3. The van der Waals surface area contributed by atoms with Gasteiger partial charge in [0, 0.05) is 30.7 Å². The summed E-state index contributed by atoms with van der Waals surface area (Å²) in [7, 11) is -3.60. The van der Waals surface area contributed by atoms with Gasteiger partial charge in [0.05, 0.1) is 25.6 Å². The fourth-order valence-corrected chi connectivity index (χ4v) is 5.11. The van der Waals surface area contributed by atoms with Crippen LogP contribution in [0.3, 0.4) is 0 Å². The van der Waals surface area contributed by atoms with Crippen molar-refractivity contribution in [2.75, 3.05) is 18.3 Å². The number of non-ortho nitro benzene ring substituents is 1. The van der Waals surface area contributed by atoms with E-state index in [2.05, 4.69) is 4.99 Å². The first-order valence-electron chi connectivity index (χ1n) is 8.37. The third-order valence-electron chi connectivity index (χ3n) is 4.11. The first-order chi connectivity index (χ1) is 13.7. The molecule has 0 spiro atoms. The van der Waals surface area contributed by atoms with Gasteiger partial charge in [0.25, 0.3) is 11.6 Å². The third-order valence-corrected chi connectivity index (χ3v) is 6.90. The van der Waals surface area contributed by atoms with Crippen LogP contribution in [0.1, 0.15) is 10.4 Å². The standard InChI is InChI=1S/C18H17N3O5S3/c1-27-10-9-20-14-8-7-12(21(23)24)11-15(14)28-18(20)19-17(22)13-5-3-4-6-16(13)29(2,25)26/h3-8,11H,9-10H2,1-2H3. The molecule has 0 saturated heterocycles. The number of carbonyl (C=O) groups is 1. The lowest BCUT2D eigenvalue weighted by molar-refractivity contribution is -0.384. The van der Waals surface area contributed by atoms with Crippen LogP contribution in [-0.4, -0.2) is 42.1 Å². The molecule has 0 aliphatic heterocycles. The molecule has 0 atom stereocenters. The Morgan fingerprint density at radius 1 is 1.28 bits per heavy atom. The number of amides is 1. The summed E-state index contributed by atoms with van der Waals surface area (Å²) < 4.78 is 26.4. The van der Waals surface area contributed by atoms with Crippen LogP contribution in [0.4, 0.5) is 5.69 Å². The molecule has 0 N–H and O–H groups in total. The highest BCUT2D eigenvalue weighted by Crippen LogP contribution is 2.24. The molecule has 1 heterocycles. The molecule has 1 amide bonds. The Balaban J connectivity index is 2.19. The molecule has 0 radical (unpaired) electrons. The van der Waals surface area contributed by atoms with Crippen LogP contribution in [0, 0.1) is 10.1 Å². The second-order valence-electron chi connectivity index (χ2n) is 6.12. The Hall–Kier alpha value is -2.50. The minimum absolute atomic E-state index is 0.00477. The Kier molecular flexibility index (Phi) is 6.20. The number of fused-ring (bicyclic) bond motifs is 1. The highest BCUT2D eigenvalue weighted by molar-refractivity contribution is 7.98. The zero-order chi connectivity index (χ0) is 21.2. The van der Waals surface area contributed by atoms with E-state index in [9.17, 15) is 23.3 Å². The molecule has 0 unspecified atom stereocenters. The van der Waals surface area contributed by atoms with Gasteiger partial charge in [-0.05, 0) is 24.5 Å². The number of carbonyl (C=O) groups excluding carboxylic acids is 1. The first-order valence-corrected chi connectivity index (χ1v) is 12.5. The van der Waals surface area contributed by atoms with Crippen LogP contribution >= 0.6 is 23.1 Å². The van der Waals surface area contributed by atoms with Crippen molar-refractivity contribution >= 4 is 54.7 Å². The average molecular weight is 452 g/mol. The predicted octanol–water partition coefficient (Wildman–Crippen LogP) is 3.12. The maximum atomic E-state index is 12.8. The molecular formula is C18H17N3O5S3. The summed E-state index contributed by atoms with van der Waals surface area (Å²) in [6.45, 7) is 0.554. The summed E-state index contributed by atoms with van der Waals surface area (Å²) in [6, 6.07) is 10.4. The van der Waals surface area contributed by atoms with Crippen LogP contribution < -0.4 is 4.80 Å². The third kappa shape index (κ3) is 4.57. The number of aryl methyl sites for hydroxylation is 1. The lowest BCUT2D eigenvalue weighted by Gasteiger charge is -2.05. The van der Waals surface area contributed by atoms with E-state index in [4.69, 9.17) is 0 Å². The van der Waals surface area contributed by atoms with Crippen LogP contribution in [0.25, 0.3) is 10.2 Å². The molecule has 29 heavy (non-hydrogen) atoms. The van der Waals surface area contributed by atoms with Crippen molar-refractivity contribution in [3.8, 4) is 0 Å². The topological polar surface area (TPSA) is 112 Å². The van der Waals surface area contributed by atoms with Gasteiger partial charge in [0.1, 0.15) is 0 Å². The molecule has 0 saturated carbocycles. The Morgan fingerprint density at radius 3 is 2.66 bits per heavy atom. The van der Waals surface area contributed by atoms with Crippen LogP contribution in [0.15, 0.2) is 52.4 Å². The number of hydrogen-bond acceptors (Lipinski definition) is 7. The number of nitro groups is 1. The van der Waals surface area contributed by atoms with Crippen LogP contribution in [0.2, 0.25) is 0 Å². The highest BCUT2D eigenvalue weighted by atomic mass is 32.2. The molecule has 0 aliphatic carbocycles. The number of aromatic nitrogens is 1. The second-order valence-corrected chi connectivity index (χ2v) is 10.1. The van der Waals surface area contributed by atoms with E-state index in [0.717, 1.165) is 28.9 Å². The van der Waals surface area contributed by atoms with Gasteiger partial charge in [0.15, 0.2) is 14.6 Å². The number of hydrogen-bond donors (Lipinski definition) is 0. The normalized spacial score (nSPS) is 12.4. The van der Waals surface area contributed by atoms with E-state index < -0.39 is 20.7 Å². The molecule has 3 rings (SSSR count). The average Bonchev–Trinajstić information content (AvgIpc) is 3.01. The molecule has 1 aromatic heterocycles. The van der Waals surface area contributed by atoms with Gasteiger partial charge in [-0.2, -0.15) is 16.8 Å². The minimum atomic E-state index is -3.60. The fourth-order valence-electron chi connectivity index (χ4n) is 2.77. The van der Waals surface area contributed by atoms with Gasteiger partial charge in [-0.3, -0.25) is 14.9 Å². The van der Waals surface area contributed by atoms with Gasteiger partial charge in [-0.15, -0.1) is 0 Å². The zero-order valence-electron chi connectivity index (χ0n) is 15.6. The SMILES string of the molecule is CSCCn1c(=NC(=O)c2ccccc2S(C)(=O)=O)sc2cc([N+](=O)[O-])ccc21. The zero-order valence-corrected chi connectivity index (χ0v) is 18.0. The molecule has 11 heteroatoms. The number of sulfone groups is 1. The monoisotopic (exact) mass is 451 g/mol. The number of thioether (sulfide) groups is 1. The van der Waals surface area contributed by atoms with Crippen LogP contribution in [0.5, 0.6) is 0 Å². The first kappa shape index (κ1) is 21.2. The van der Waals surface area contributed by atoms with E-state index in [0.29, 0.717) is 16.0 Å². The predicted molar refractivity (Wildman–Crippen MR) is 114 cm³/mol. The number of benzene rings is 2. The van der Waals surface area contributed by atoms with E-state index in [1.807, 2.05) is 10.8 Å². The van der Waals surface area contributed by atoms with Crippen molar-refractivity contribution in [2.24, 2.45) is 4.99 Å². The highest BCUT2D eigenvalue weighted by Gasteiger charge is 2.19. The van der Waals surface area contributed by atoms with E-state index in [1.165, 1.54) is 24.3 Å². The van der Waals surface area contributed by atoms with Crippen molar-refractivity contribution < 1.29 is 18.1 Å². The Labute approximate surface area is 175 Å². The maximum Gasteiger partial charge on any atom is 0.280 e. The van der Waals surface area contributed by atoms with Crippen LogP contribution in [-0.2, 0) is 16.4 Å². The smallest absolute Gasteiger partial charge is 0.280 e. The molecule has 3 aromatic rings. The van der Waals surface area contributed by atoms with E-state index >= 15 is 0 Å². The summed E-state index contributed by atoms with van der Waals surface area (Å²) in [5.41, 5.74) is 0.684. The molecule has 8 nitrogen and oxygen atoms in total. The van der Waals surface area contributed by atoms with E-state index in [-0.39, 0.29) is 16.1 Å². The number of rotatable bonds is 6. The summed E-state index contributed by atoms with van der Waals surface area (Å²) in [6.07, 6.45) is 2.99. The van der Waals surface area contributed by atoms with Crippen molar-refractivity contribution in [1.82, 2.24) is 4.57 Å². The Bertz CT molecular complexity index is 1280. The van der Waals surface area contributed by atoms with E-state index in [1.54, 1.807) is 30.0 Å². The van der Waals surface area contributed by atoms with Crippen molar-refractivity contribution in [3.05, 3.63) is 62.9 Å². The molecule has 0 bridgehead atoms. The summed E-state index contributed by atoms with van der Waals surface area (Å²) >= 11 is 2.77. The molecule has 0 aliphatic rings.